The minimum absolute atomic E-state index is 0.621. The molecule has 0 aliphatic carbocycles. The molecule has 0 atom stereocenters. The SMILES string of the molecule is CCN(CC)CCCNCc1ccc(C(C)C)cc1. The second kappa shape index (κ2) is 9.11. The lowest BCUT2D eigenvalue weighted by atomic mass is 10.0. The standard InChI is InChI=1S/C17H30N2/c1-5-19(6-2)13-7-12-18-14-16-8-10-17(11-9-16)15(3)4/h8-11,15,18H,5-7,12-14H2,1-4H3. The summed E-state index contributed by atoms with van der Waals surface area (Å²) in [6.45, 7) is 14.5. The van der Waals surface area contributed by atoms with Gasteiger partial charge in [-0.3, -0.25) is 0 Å². The Bertz CT molecular complexity index is 326. The summed E-state index contributed by atoms with van der Waals surface area (Å²) in [5, 5.41) is 3.53. The van der Waals surface area contributed by atoms with E-state index >= 15 is 0 Å². The minimum Gasteiger partial charge on any atom is -0.313 e. The van der Waals surface area contributed by atoms with Crippen molar-refractivity contribution in [3.8, 4) is 0 Å². The molecule has 1 aromatic carbocycles. The van der Waals surface area contributed by atoms with Gasteiger partial charge in [0.2, 0.25) is 0 Å². The van der Waals surface area contributed by atoms with Gasteiger partial charge in [-0.25, -0.2) is 0 Å². The predicted molar refractivity (Wildman–Crippen MR) is 84.6 cm³/mol. The molecular formula is C17H30N2. The molecule has 19 heavy (non-hydrogen) atoms. The van der Waals surface area contributed by atoms with E-state index in [-0.39, 0.29) is 0 Å². The highest BCUT2D eigenvalue weighted by Gasteiger charge is 2.00. The summed E-state index contributed by atoms with van der Waals surface area (Å²) >= 11 is 0. The minimum atomic E-state index is 0.621. The van der Waals surface area contributed by atoms with Gasteiger partial charge in [-0.05, 0) is 49.6 Å². The first-order chi connectivity index (χ1) is 9.17. The molecule has 0 aliphatic rings. The van der Waals surface area contributed by atoms with Crippen LogP contribution in [-0.2, 0) is 6.54 Å². The van der Waals surface area contributed by atoms with Crippen molar-refractivity contribution in [1.82, 2.24) is 10.2 Å². The molecule has 0 bridgehead atoms. The highest BCUT2D eigenvalue weighted by Crippen LogP contribution is 2.14. The van der Waals surface area contributed by atoms with Crippen molar-refractivity contribution in [1.29, 1.82) is 0 Å². The molecule has 0 radical (unpaired) electrons. The quantitative estimate of drug-likeness (QED) is 0.684. The van der Waals surface area contributed by atoms with Crippen molar-refractivity contribution < 1.29 is 0 Å². The van der Waals surface area contributed by atoms with Crippen molar-refractivity contribution in [3.05, 3.63) is 35.4 Å². The molecule has 0 saturated carbocycles. The van der Waals surface area contributed by atoms with Gasteiger partial charge in [0.25, 0.3) is 0 Å². The van der Waals surface area contributed by atoms with Gasteiger partial charge in [0.1, 0.15) is 0 Å². The molecule has 0 heterocycles. The Morgan fingerprint density at radius 1 is 1.05 bits per heavy atom. The molecule has 0 spiro atoms. The van der Waals surface area contributed by atoms with E-state index in [1.165, 1.54) is 24.1 Å². The van der Waals surface area contributed by atoms with Crippen molar-refractivity contribution in [2.24, 2.45) is 0 Å². The summed E-state index contributed by atoms with van der Waals surface area (Å²) in [5.41, 5.74) is 2.80. The third kappa shape index (κ3) is 6.22. The summed E-state index contributed by atoms with van der Waals surface area (Å²) in [4.78, 5) is 2.47. The lowest BCUT2D eigenvalue weighted by molar-refractivity contribution is 0.298. The third-order valence-corrected chi connectivity index (χ3v) is 3.70. The molecule has 1 N–H and O–H groups in total. The average Bonchev–Trinajstić information content (AvgIpc) is 2.43. The van der Waals surface area contributed by atoms with Gasteiger partial charge in [-0.2, -0.15) is 0 Å². The van der Waals surface area contributed by atoms with Crippen LogP contribution in [0.25, 0.3) is 0 Å². The summed E-state index contributed by atoms with van der Waals surface area (Å²) in [6.07, 6.45) is 1.23. The first kappa shape index (κ1) is 16.2. The van der Waals surface area contributed by atoms with E-state index < -0.39 is 0 Å². The second-order valence-corrected chi connectivity index (χ2v) is 5.45. The first-order valence-electron chi connectivity index (χ1n) is 7.69. The highest BCUT2D eigenvalue weighted by molar-refractivity contribution is 5.24. The van der Waals surface area contributed by atoms with Crippen molar-refractivity contribution in [2.75, 3.05) is 26.2 Å². The van der Waals surface area contributed by atoms with Crippen LogP contribution in [0.1, 0.15) is 51.2 Å². The lowest BCUT2D eigenvalue weighted by Gasteiger charge is -2.17. The maximum Gasteiger partial charge on any atom is 0.0205 e. The number of nitrogens with one attached hydrogen (secondary N) is 1. The lowest BCUT2D eigenvalue weighted by Crippen LogP contribution is -2.27. The van der Waals surface area contributed by atoms with Crippen LogP contribution >= 0.6 is 0 Å². The zero-order valence-corrected chi connectivity index (χ0v) is 13.1. The largest absolute Gasteiger partial charge is 0.313 e. The molecule has 2 heteroatoms. The van der Waals surface area contributed by atoms with Crippen LogP contribution in [0, 0.1) is 0 Å². The Morgan fingerprint density at radius 3 is 2.21 bits per heavy atom. The Kier molecular flexibility index (Phi) is 7.76. The maximum absolute atomic E-state index is 3.53. The van der Waals surface area contributed by atoms with E-state index in [1.807, 2.05) is 0 Å². The summed E-state index contributed by atoms with van der Waals surface area (Å²) in [5.74, 6) is 0.621. The number of hydrogen-bond acceptors (Lipinski definition) is 2. The molecule has 1 aromatic rings. The Hall–Kier alpha value is -0.860. The number of rotatable bonds is 9. The molecule has 0 saturated heterocycles. The van der Waals surface area contributed by atoms with Gasteiger partial charge < -0.3 is 10.2 Å². The molecule has 1 rings (SSSR count). The Balaban J connectivity index is 2.19. The third-order valence-electron chi connectivity index (χ3n) is 3.70. The van der Waals surface area contributed by atoms with E-state index in [0.717, 1.165) is 26.2 Å². The van der Waals surface area contributed by atoms with Gasteiger partial charge in [0.05, 0.1) is 0 Å². The van der Waals surface area contributed by atoms with Crippen LogP contribution in [-0.4, -0.2) is 31.1 Å². The Labute approximate surface area is 119 Å². The van der Waals surface area contributed by atoms with Crippen LogP contribution in [0.5, 0.6) is 0 Å². The normalized spacial score (nSPS) is 11.5. The van der Waals surface area contributed by atoms with Crippen LogP contribution in [0.2, 0.25) is 0 Å². The molecule has 0 amide bonds. The van der Waals surface area contributed by atoms with Crippen molar-refractivity contribution in [3.63, 3.8) is 0 Å². The molecule has 0 aromatic heterocycles. The smallest absolute Gasteiger partial charge is 0.0205 e. The molecule has 108 valence electrons. The first-order valence-corrected chi connectivity index (χ1v) is 7.69. The van der Waals surface area contributed by atoms with Crippen LogP contribution in [0.15, 0.2) is 24.3 Å². The second-order valence-electron chi connectivity index (χ2n) is 5.45. The summed E-state index contributed by atoms with van der Waals surface area (Å²) in [6, 6.07) is 8.98. The van der Waals surface area contributed by atoms with Gasteiger partial charge in [0, 0.05) is 6.54 Å². The fraction of sp³-hybridized carbons (Fsp3) is 0.647. The number of hydrogen-bond donors (Lipinski definition) is 1. The van der Waals surface area contributed by atoms with Crippen molar-refractivity contribution in [2.45, 2.75) is 46.6 Å². The highest BCUT2D eigenvalue weighted by atomic mass is 15.1. The zero-order valence-electron chi connectivity index (χ0n) is 13.1. The van der Waals surface area contributed by atoms with E-state index in [0.29, 0.717) is 5.92 Å². The van der Waals surface area contributed by atoms with Crippen LogP contribution in [0.4, 0.5) is 0 Å². The molecule has 0 unspecified atom stereocenters. The summed E-state index contributed by atoms with van der Waals surface area (Å²) in [7, 11) is 0. The number of benzene rings is 1. The van der Waals surface area contributed by atoms with Gasteiger partial charge >= 0.3 is 0 Å². The molecule has 0 fully saturated rings. The topological polar surface area (TPSA) is 15.3 Å². The molecular weight excluding hydrogens is 232 g/mol. The van der Waals surface area contributed by atoms with Crippen LogP contribution < -0.4 is 5.32 Å². The van der Waals surface area contributed by atoms with Gasteiger partial charge in [-0.15, -0.1) is 0 Å². The van der Waals surface area contributed by atoms with E-state index in [9.17, 15) is 0 Å². The maximum atomic E-state index is 3.53. The fourth-order valence-electron chi connectivity index (χ4n) is 2.22. The average molecular weight is 262 g/mol. The molecule has 2 nitrogen and oxygen atoms in total. The fourth-order valence-corrected chi connectivity index (χ4v) is 2.22. The van der Waals surface area contributed by atoms with Crippen molar-refractivity contribution >= 4 is 0 Å². The Morgan fingerprint density at radius 2 is 1.68 bits per heavy atom. The zero-order chi connectivity index (χ0) is 14.1. The monoisotopic (exact) mass is 262 g/mol. The summed E-state index contributed by atoms with van der Waals surface area (Å²) < 4.78 is 0. The van der Waals surface area contributed by atoms with E-state index in [1.54, 1.807) is 0 Å². The van der Waals surface area contributed by atoms with Gasteiger partial charge in [0.15, 0.2) is 0 Å². The van der Waals surface area contributed by atoms with Gasteiger partial charge in [-0.1, -0.05) is 52.0 Å². The van der Waals surface area contributed by atoms with Crippen LogP contribution in [0.3, 0.4) is 0 Å². The van der Waals surface area contributed by atoms with E-state index in [4.69, 9.17) is 0 Å². The van der Waals surface area contributed by atoms with E-state index in [2.05, 4.69) is 62.2 Å². The molecule has 0 aliphatic heterocycles. The predicted octanol–water partition coefficient (Wildman–Crippen LogP) is 3.63. The number of nitrogens with zero attached hydrogens (tertiary/aromatic N) is 1.